The fourth-order valence-electron chi connectivity index (χ4n) is 0.958. The lowest BCUT2D eigenvalue weighted by molar-refractivity contribution is -0.161. The van der Waals surface area contributed by atoms with Gasteiger partial charge in [0.1, 0.15) is 5.75 Å². The summed E-state index contributed by atoms with van der Waals surface area (Å²) in [5, 5.41) is 0. The molecule has 0 atom stereocenters. The zero-order valence-electron chi connectivity index (χ0n) is 10.4. The number of rotatable bonds is 3. The second-order valence-electron chi connectivity index (χ2n) is 2.92. The Balaban J connectivity index is 0.00000137. The van der Waals surface area contributed by atoms with Crippen LogP contribution in [0, 0.1) is 0 Å². The Morgan fingerprint density at radius 2 is 1.67 bits per heavy atom. The molecule has 0 bridgehead atoms. The minimum absolute atomic E-state index is 0.0463. The molecule has 0 amide bonds. The van der Waals surface area contributed by atoms with E-state index >= 15 is 0 Å². The third kappa shape index (κ3) is 6.12. The average molecular weight is 264 g/mol. The molecular weight excluding hydrogens is 249 g/mol. The van der Waals surface area contributed by atoms with Gasteiger partial charge < -0.3 is 9.47 Å². The first-order valence-corrected chi connectivity index (χ1v) is 5.30. The van der Waals surface area contributed by atoms with E-state index in [4.69, 9.17) is 4.74 Å². The van der Waals surface area contributed by atoms with Gasteiger partial charge in [-0.25, -0.2) is 4.79 Å². The Bertz CT molecular complexity index is 358. The molecule has 0 aliphatic rings. The second-order valence-corrected chi connectivity index (χ2v) is 2.92. The maximum Gasteiger partial charge on any atom is 0.422 e. The number of hydrogen-bond acceptors (Lipinski definition) is 3. The molecule has 0 saturated heterocycles. The Morgan fingerprint density at radius 3 is 2.06 bits per heavy atom. The van der Waals surface area contributed by atoms with Crippen molar-refractivity contribution in [3.8, 4) is 5.75 Å². The van der Waals surface area contributed by atoms with E-state index in [9.17, 15) is 18.0 Å². The van der Waals surface area contributed by atoms with Crippen molar-refractivity contribution in [2.24, 2.45) is 0 Å². The van der Waals surface area contributed by atoms with Crippen molar-refractivity contribution in [1.29, 1.82) is 0 Å². The van der Waals surface area contributed by atoms with Gasteiger partial charge in [-0.1, -0.05) is 13.8 Å². The predicted molar refractivity (Wildman–Crippen MR) is 60.7 cm³/mol. The van der Waals surface area contributed by atoms with Gasteiger partial charge in [0.15, 0.2) is 6.61 Å². The number of esters is 1. The molecule has 18 heavy (non-hydrogen) atoms. The molecule has 1 aromatic carbocycles. The summed E-state index contributed by atoms with van der Waals surface area (Å²) in [5.74, 6) is -0.507. The van der Waals surface area contributed by atoms with E-state index in [1.807, 2.05) is 13.8 Å². The maximum absolute atomic E-state index is 11.8. The Morgan fingerprint density at radius 1 is 1.17 bits per heavy atom. The Labute approximate surface area is 104 Å². The van der Waals surface area contributed by atoms with Crippen LogP contribution in [0.4, 0.5) is 13.2 Å². The molecule has 0 heterocycles. The summed E-state index contributed by atoms with van der Waals surface area (Å²) >= 11 is 0. The highest BCUT2D eigenvalue weighted by atomic mass is 19.4. The monoisotopic (exact) mass is 264 g/mol. The first-order chi connectivity index (χ1) is 8.42. The van der Waals surface area contributed by atoms with Crippen LogP contribution in [0.15, 0.2) is 24.3 Å². The summed E-state index contributed by atoms with van der Waals surface area (Å²) in [6.07, 6.45) is -4.51. The zero-order chi connectivity index (χ0) is 14.2. The van der Waals surface area contributed by atoms with Crippen LogP contribution in [-0.4, -0.2) is 25.9 Å². The standard InChI is InChI=1S/C10H9F3O3.C2H6/c1-15-8-4-2-7(3-5-8)9(14)16-6-10(11,12)13;1-2/h2-5H,6H2,1H3;1-2H3. The van der Waals surface area contributed by atoms with E-state index in [0.29, 0.717) is 5.75 Å². The summed E-state index contributed by atoms with van der Waals surface area (Å²) in [5.41, 5.74) is 0.0463. The number of alkyl halides is 3. The summed E-state index contributed by atoms with van der Waals surface area (Å²) in [6, 6.07) is 5.59. The smallest absolute Gasteiger partial charge is 0.422 e. The molecule has 1 aromatic rings. The van der Waals surface area contributed by atoms with E-state index in [2.05, 4.69) is 4.74 Å². The van der Waals surface area contributed by atoms with Gasteiger partial charge in [-0.2, -0.15) is 13.2 Å². The van der Waals surface area contributed by atoms with Crippen LogP contribution in [0.25, 0.3) is 0 Å². The van der Waals surface area contributed by atoms with Crippen molar-refractivity contribution >= 4 is 5.97 Å². The van der Waals surface area contributed by atoms with E-state index in [-0.39, 0.29) is 5.56 Å². The minimum Gasteiger partial charge on any atom is -0.497 e. The fourth-order valence-corrected chi connectivity index (χ4v) is 0.958. The third-order valence-corrected chi connectivity index (χ3v) is 1.69. The summed E-state index contributed by atoms with van der Waals surface area (Å²) in [4.78, 5) is 11.1. The Hall–Kier alpha value is -1.72. The molecule has 0 spiro atoms. The molecule has 0 fully saturated rings. The van der Waals surface area contributed by atoms with Crippen molar-refractivity contribution in [3.05, 3.63) is 29.8 Å². The van der Waals surface area contributed by atoms with E-state index < -0.39 is 18.8 Å². The van der Waals surface area contributed by atoms with Crippen molar-refractivity contribution in [1.82, 2.24) is 0 Å². The summed E-state index contributed by atoms with van der Waals surface area (Å²) < 4.78 is 44.2. The number of carbonyl (C=O) groups excluding carboxylic acids is 1. The highest BCUT2D eigenvalue weighted by Crippen LogP contribution is 2.16. The van der Waals surface area contributed by atoms with E-state index in [0.717, 1.165) is 0 Å². The lowest BCUT2D eigenvalue weighted by Gasteiger charge is -2.07. The third-order valence-electron chi connectivity index (χ3n) is 1.69. The minimum atomic E-state index is -4.51. The van der Waals surface area contributed by atoms with Crippen LogP contribution in [-0.2, 0) is 4.74 Å². The van der Waals surface area contributed by atoms with Gasteiger partial charge in [-0.05, 0) is 24.3 Å². The molecule has 102 valence electrons. The van der Waals surface area contributed by atoms with Gasteiger partial charge in [0, 0.05) is 0 Å². The number of ether oxygens (including phenoxy) is 2. The van der Waals surface area contributed by atoms with Gasteiger partial charge in [0.2, 0.25) is 0 Å². The molecule has 1 rings (SSSR count). The van der Waals surface area contributed by atoms with E-state index in [1.54, 1.807) is 0 Å². The average Bonchev–Trinajstić information content (AvgIpc) is 2.37. The number of halogens is 3. The molecule has 0 unspecified atom stereocenters. The van der Waals surface area contributed by atoms with Crippen molar-refractivity contribution < 1.29 is 27.4 Å². The van der Waals surface area contributed by atoms with Crippen LogP contribution in [0.1, 0.15) is 24.2 Å². The predicted octanol–water partition coefficient (Wildman–Crippen LogP) is 3.44. The van der Waals surface area contributed by atoms with Crippen molar-refractivity contribution in [3.63, 3.8) is 0 Å². The highest BCUT2D eigenvalue weighted by Gasteiger charge is 2.29. The largest absolute Gasteiger partial charge is 0.497 e. The SMILES string of the molecule is CC.COc1ccc(C(=O)OCC(F)(F)F)cc1. The molecule has 0 radical (unpaired) electrons. The molecule has 0 saturated carbocycles. The lowest BCUT2D eigenvalue weighted by atomic mass is 10.2. The topological polar surface area (TPSA) is 35.5 Å². The van der Waals surface area contributed by atoms with Crippen LogP contribution >= 0.6 is 0 Å². The van der Waals surface area contributed by atoms with Crippen LogP contribution in [0.2, 0.25) is 0 Å². The van der Waals surface area contributed by atoms with E-state index in [1.165, 1.54) is 31.4 Å². The van der Waals surface area contributed by atoms with Gasteiger partial charge in [-0.15, -0.1) is 0 Å². The maximum atomic E-state index is 11.8. The second kappa shape index (κ2) is 7.58. The molecule has 0 aliphatic carbocycles. The normalized spacial score (nSPS) is 10.1. The van der Waals surface area contributed by atoms with Crippen LogP contribution < -0.4 is 4.74 Å². The van der Waals surface area contributed by atoms with Gasteiger partial charge in [0.25, 0.3) is 0 Å². The lowest BCUT2D eigenvalue weighted by Crippen LogP contribution is -2.20. The van der Waals surface area contributed by atoms with Crippen molar-refractivity contribution in [2.45, 2.75) is 20.0 Å². The number of carbonyl (C=O) groups is 1. The quantitative estimate of drug-likeness (QED) is 0.784. The van der Waals surface area contributed by atoms with Gasteiger partial charge >= 0.3 is 12.1 Å². The van der Waals surface area contributed by atoms with Crippen LogP contribution in [0.3, 0.4) is 0 Å². The first-order valence-electron chi connectivity index (χ1n) is 5.30. The Kier molecular flexibility index (Phi) is 6.85. The number of benzene rings is 1. The molecule has 3 nitrogen and oxygen atoms in total. The zero-order valence-corrected chi connectivity index (χ0v) is 10.4. The van der Waals surface area contributed by atoms with Crippen LogP contribution in [0.5, 0.6) is 5.75 Å². The number of hydrogen-bond donors (Lipinski definition) is 0. The summed E-state index contributed by atoms with van der Waals surface area (Å²) in [6.45, 7) is 2.41. The summed E-state index contributed by atoms with van der Waals surface area (Å²) in [7, 11) is 1.44. The van der Waals surface area contributed by atoms with Gasteiger partial charge in [-0.3, -0.25) is 0 Å². The highest BCUT2D eigenvalue weighted by molar-refractivity contribution is 5.89. The van der Waals surface area contributed by atoms with Gasteiger partial charge in [0.05, 0.1) is 12.7 Å². The molecule has 0 N–H and O–H groups in total. The fraction of sp³-hybridized carbons (Fsp3) is 0.417. The van der Waals surface area contributed by atoms with Crippen molar-refractivity contribution in [2.75, 3.05) is 13.7 Å². The molecule has 0 aromatic heterocycles. The number of methoxy groups -OCH3 is 1. The molecule has 6 heteroatoms. The first kappa shape index (κ1) is 16.3. The molecular formula is C12H15F3O3. The molecule has 0 aliphatic heterocycles.